The summed E-state index contributed by atoms with van der Waals surface area (Å²) in [6.07, 6.45) is 8.23. The molecule has 4 aliphatic heterocycles. The van der Waals surface area contributed by atoms with Gasteiger partial charge in [0.25, 0.3) is 5.91 Å². The molecule has 8 heteroatoms. The van der Waals surface area contributed by atoms with Gasteiger partial charge in [-0.15, -0.1) is 0 Å². The van der Waals surface area contributed by atoms with Crippen molar-refractivity contribution in [2.24, 2.45) is 11.8 Å². The van der Waals surface area contributed by atoms with Crippen molar-refractivity contribution in [3.05, 3.63) is 29.3 Å². The Morgan fingerprint density at radius 1 is 0.944 bits per heavy atom. The average molecular weight is 495 g/mol. The Bertz CT molecular complexity index is 1040. The number of hydrogen-bond donors (Lipinski definition) is 1. The predicted octanol–water partition coefficient (Wildman–Crippen LogP) is 2.41. The molecule has 0 aromatic heterocycles. The second-order valence-electron chi connectivity index (χ2n) is 11.6. The summed E-state index contributed by atoms with van der Waals surface area (Å²) in [4.78, 5) is 43.6. The van der Waals surface area contributed by atoms with Crippen molar-refractivity contribution in [1.82, 2.24) is 20.0 Å². The van der Waals surface area contributed by atoms with E-state index >= 15 is 0 Å². The van der Waals surface area contributed by atoms with Crippen LogP contribution in [0.3, 0.4) is 0 Å². The van der Waals surface area contributed by atoms with Crippen molar-refractivity contribution in [2.45, 2.75) is 76.1 Å². The molecule has 1 aromatic rings. The third-order valence-electron chi connectivity index (χ3n) is 9.18. The third-order valence-corrected chi connectivity index (χ3v) is 9.18. The number of rotatable bonds is 5. The van der Waals surface area contributed by atoms with Gasteiger partial charge in [0.2, 0.25) is 11.8 Å². The molecule has 4 fully saturated rings. The minimum Gasteiger partial charge on any atom is -0.489 e. The maximum atomic E-state index is 13.0. The van der Waals surface area contributed by atoms with E-state index in [1.54, 1.807) is 4.90 Å². The van der Waals surface area contributed by atoms with Gasteiger partial charge in [0, 0.05) is 44.2 Å². The monoisotopic (exact) mass is 494 g/mol. The first-order valence-electron chi connectivity index (χ1n) is 13.8. The molecule has 5 aliphatic rings. The van der Waals surface area contributed by atoms with E-state index in [0.29, 0.717) is 24.6 Å². The molecule has 8 nitrogen and oxygen atoms in total. The molecule has 2 unspecified atom stereocenters. The van der Waals surface area contributed by atoms with Crippen LogP contribution in [-0.2, 0) is 16.1 Å². The summed E-state index contributed by atoms with van der Waals surface area (Å²) < 4.78 is 6.60. The van der Waals surface area contributed by atoms with E-state index in [2.05, 4.69) is 22.2 Å². The number of imide groups is 1. The van der Waals surface area contributed by atoms with Crippen molar-refractivity contribution >= 4 is 17.7 Å². The fourth-order valence-corrected chi connectivity index (χ4v) is 7.14. The Balaban J connectivity index is 1.09. The van der Waals surface area contributed by atoms with Gasteiger partial charge in [-0.25, -0.2) is 0 Å². The lowest BCUT2D eigenvalue weighted by molar-refractivity contribution is -0.136. The van der Waals surface area contributed by atoms with E-state index in [0.717, 1.165) is 29.6 Å². The lowest BCUT2D eigenvalue weighted by Crippen LogP contribution is -2.60. The molecule has 3 saturated heterocycles. The maximum absolute atomic E-state index is 13.0. The Labute approximate surface area is 213 Å². The number of piperidine rings is 2. The van der Waals surface area contributed by atoms with Crippen LogP contribution < -0.4 is 10.1 Å². The molecule has 4 atom stereocenters. The van der Waals surface area contributed by atoms with Crippen LogP contribution in [0, 0.1) is 11.8 Å². The number of carbonyl (C=O) groups excluding carboxylic acids is 3. The van der Waals surface area contributed by atoms with E-state index in [-0.39, 0.29) is 30.2 Å². The quantitative estimate of drug-likeness (QED) is 0.633. The topological polar surface area (TPSA) is 82.2 Å². The van der Waals surface area contributed by atoms with Gasteiger partial charge < -0.3 is 14.5 Å². The van der Waals surface area contributed by atoms with Crippen molar-refractivity contribution in [2.75, 3.05) is 33.2 Å². The predicted molar refractivity (Wildman–Crippen MR) is 134 cm³/mol. The molecule has 36 heavy (non-hydrogen) atoms. The molecule has 0 radical (unpaired) electrons. The highest BCUT2D eigenvalue weighted by Gasteiger charge is 2.43. The zero-order chi connectivity index (χ0) is 24.8. The highest BCUT2D eigenvalue weighted by atomic mass is 16.5. The lowest BCUT2D eigenvalue weighted by atomic mass is 9.78. The van der Waals surface area contributed by atoms with Crippen LogP contribution in [0.4, 0.5) is 0 Å². The number of hydrogen-bond acceptors (Lipinski definition) is 6. The fourth-order valence-electron chi connectivity index (χ4n) is 7.14. The van der Waals surface area contributed by atoms with Crippen molar-refractivity contribution in [3.63, 3.8) is 0 Å². The number of amides is 3. The van der Waals surface area contributed by atoms with Gasteiger partial charge in [-0.05, 0) is 87.7 Å². The second kappa shape index (κ2) is 9.78. The number of likely N-dealkylation sites (tertiary alicyclic amines) is 2. The van der Waals surface area contributed by atoms with Gasteiger partial charge in [-0.1, -0.05) is 6.42 Å². The standard InChI is InChI=1S/C28H38N4O4/c1-30-12-4-5-18(14-30)20-15-31(16-20)23-6-2-3-7-25(23)36-21-8-9-22-19(13-21)17-32(28(22)35)24-10-11-26(33)29-27(24)34/h8-9,13,18,20,23-25H,2-7,10-12,14-17H2,1H3,(H,29,33,34)/t18?,23-,24?,25+/m0/s1. The van der Waals surface area contributed by atoms with Gasteiger partial charge >= 0.3 is 0 Å². The minimum absolute atomic E-state index is 0.137. The van der Waals surface area contributed by atoms with Crippen LogP contribution in [-0.4, -0.2) is 83.8 Å². The first-order chi connectivity index (χ1) is 17.5. The number of nitrogens with one attached hydrogen (secondary N) is 1. The molecule has 0 spiro atoms. The van der Waals surface area contributed by atoms with Crippen molar-refractivity contribution in [3.8, 4) is 5.75 Å². The lowest BCUT2D eigenvalue weighted by Gasteiger charge is -2.51. The number of fused-ring (bicyclic) bond motifs is 1. The van der Waals surface area contributed by atoms with E-state index in [9.17, 15) is 14.4 Å². The summed E-state index contributed by atoms with van der Waals surface area (Å²) in [6, 6.07) is 5.62. The Morgan fingerprint density at radius 3 is 2.58 bits per heavy atom. The van der Waals surface area contributed by atoms with Crippen molar-refractivity contribution in [1.29, 1.82) is 0 Å². The number of ether oxygens (including phenoxy) is 1. The maximum Gasteiger partial charge on any atom is 0.255 e. The van der Waals surface area contributed by atoms with Crippen LogP contribution in [0.15, 0.2) is 18.2 Å². The zero-order valence-corrected chi connectivity index (χ0v) is 21.3. The largest absolute Gasteiger partial charge is 0.489 e. The summed E-state index contributed by atoms with van der Waals surface area (Å²) in [5, 5.41) is 2.37. The summed E-state index contributed by atoms with van der Waals surface area (Å²) in [7, 11) is 2.25. The Morgan fingerprint density at radius 2 is 1.78 bits per heavy atom. The van der Waals surface area contributed by atoms with Crippen LogP contribution in [0.2, 0.25) is 0 Å². The fraction of sp³-hybridized carbons (Fsp3) is 0.679. The minimum atomic E-state index is -0.585. The number of nitrogens with zero attached hydrogens (tertiary/aromatic N) is 3. The molecule has 6 rings (SSSR count). The van der Waals surface area contributed by atoms with Crippen LogP contribution in [0.1, 0.15) is 67.3 Å². The van der Waals surface area contributed by atoms with Gasteiger partial charge in [0.1, 0.15) is 17.9 Å². The average Bonchev–Trinajstić information content (AvgIpc) is 3.15. The molecule has 0 bridgehead atoms. The molecular weight excluding hydrogens is 456 g/mol. The molecule has 1 aliphatic carbocycles. The highest BCUT2D eigenvalue weighted by Crippen LogP contribution is 2.37. The van der Waals surface area contributed by atoms with Gasteiger partial charge in [-0.3, -0.25) is 24.6 Å². The van der Waals surface area contributed by atoms with Crippen molar-refractivity contribution < 1.29 is 19.1 Å². The SMILES string of the molecule is CN1CCCC(C2CN([C@H]3CCCC[C@H]3Oc3ccc4c(c3)CN(C3CCC(=O)NC3=O)C4=O)C2)C1. The zero-order valence-electron chi connectivity index (χ0n) is 21.3. The molecule has 4 heterocycles. The van der Waals surface area contributed by atoms with Crippen LogP contribution in [0.5, 0.6) is 5.75 Å². The Kier molecular flexibility index (Phi) is 6.50. The van der Waals surface area contributed by atoms with Gasteiger partial charge in [-0.2, -0.15) is 0 Å². The Hall–Kier alpha value is -2.45. The van der Waals surface area contributed by atoms with E-state index < -0.39 is 6.04 Å². The second-order valence-corrected chi connectivity index (χ2v) is 11.6. The molecular formula is C28H38N4O4. The molecule has 3 amide bonds. The summed E-state index contributed by atoms with van der Waals surface area (Å²) in [5.41, 5.74) is 1.54. The third kappa shape index (κ3) is 4.54. The first-order valence-corrected chi connectivity index (χ1v) is 13.8. The van der Waals surface area contributed by atoms with Gasteiger partial charge in [0.05, 0.1) is 0 Å². The molecule has 1 N–H and O–H groups in total. The van der Waals surface area contributed by atoms with Gasteiger partial charge in [0.15, 0.2) is 0 Å². The molecule has 1 saturated carbocycles. The molecule has 194 valence electrons. The normalized spacial score (nSPS) is 32.2. The number of carbonyl (C=O) groups is 3. The van der Waals surface area contributed by atoms with E-state index in [1.807, 2.05) is 18.2 Å². The summed E-state index contributed by atoms with van der Waals surface area (Å²) in [5.74, 6) is 1.69. The smallest absolute Gasteiger partial charge is 0.255 e. The van der Waals surface area contributed by atoms with E-state index in [1.165, 1.54) is 58.3 Å². The van der Waals surface area contributed by atoms with E-state index in [4.69, 9.17) is 4.74 Å². The summed E-state index contributed by atoms with van der Waals surface area (Å²) >= 11 is 0. The number of benzene rings is 1. The van der Waals surface area contributed by atoms with Crippen LogP contribution >= 0.6 is 0 Å². The summed E-state index contributed by atoms with van der Waals surface area (Å²) in [6.45, 7) is 5.26. The molecule has 1 aromatic carbocycles. The first kappa shape index (κ1) is 23.9. The highest BCUT2D eigenvalue weighted by molar-refractivity contribution is 6.05. The van der Waals surface area contributed by atoms with Crippen LogP contribution in [0.25, 0.3) is 0 Å².